The summed E-state index contributed by atoms with van der Waals surface area (Å²) in [5, 5.41) is 0. The monoisotopic (exact) mass is 432 g/mol. The highest BCUT2D eigenvalue weighted by atomic mass is 127. The van der Waals surface area contributed by atoms with E-state index in [1.165, 1.54) is 0 Å². The predicted molar refractivity (Wildman–Crippen MR) is 95.8 cm³/mol. The Morgan fingerprint density at radius 3 is 1.36 bits per heavy atom. The molecule has 22 heavy (non-hydrogen) atoms. The summed E-state index contributed by atoms with van der Waals surface area (Å²) in [7, 11) is -3.77. The first-order valence-electron chi connectivity index (χ1n) is 6.78. The number of hydrogen-bond acceptors (Lipinski definition) is 4. The van der Waals surface area contributed by atoms with Crippen LogP contribution in [0.3, 0.4) is 0 Å². The summed E-state index contributed by atoms with van der Waals surface area (Å²) in [6, 6.07) is 11.4. The lowest BCUT2D eigenvalue weighted by Gasteiger charge is -2.20. The maximum Gasteiger partial charge on any atom is 0.597 e. The summed E-state index contributed by atoms with van der Waals surface area (Å²) in [6.45, 7) is 7.55. The minimum absolute atomic E-state index is 0.522. The fraction of sp³-hybridized carbons (Fsp3) is 0.250. The Labute approximate surface area is 145 Å². The van der Waals surface area contributed by atoms with Gasteiger partial charge in [-0.3, -0.25) is 0 Å². The van der Waals surface area contributed by atoms with Crippen LogP contribution in [-0.2, 0) is 7.42 Å². The SMILES string of the molecule is Cc1cccc(C)c1OP(=O)(OI)Oc1c(C)cccc1C. The van der Waals surface area contributed by atoms with Crippen LogP contribution in [0.1, 0.15) is 22.3 Å². The van der Waals surface area contributed by atoms with Crippen molar-refractivity contribution in [3.8, 4) is 11.5 Å². The molecule has 0 amide bonds. The fourth-order valence-corrected chi connectivity index (χ4v) is 3.76. The number of benzene rings is 2. The zero-order valence-electron chi connectivity index (χ0n) is 12.9. The highest BCUT2D eigenvalue weighted by molar-refractivity contribution is 14.1. The largest absolute Gasteiger partial charge is 0.597 e. The fourth-order valence-electron chi connectivity index (χ4n) is 2.16. The average Bonchev–Trinajstić information content (AvgIpc) is 2.47. The van der Waals surface area contributed by atoms with Crippen molar-refractivity contribution in [1.82, 2.24) is 0 Å². The molecule has 0 saturated heterocycles. The maximum absolute atomic E-state index is 12.9. The number of aryl methyl sites for hydroxylation is 4. The molecule has 4 nitrogen and oxygen atoms in total. The molecule has 0 spiro atoms. The van der Waals surface area contributed by atoms with Crippen LogP contribution < -0.4 is 9.05 Å². The van der Waals surface area contributed by atoms with E-state index >= 15 is 0 Å². The van der Waals surface area contributed by atoms with E-state index in [1.807, 2.05) is 64.1 Å². The van der Waals surface area contributed by atoms with Gasteiger partial charge in [-0.1, -0.05) is 36.4 Å². The number of rotatable bonds is 5. The van der Waals surface area contributed by atoms with Crippen molar-refractivity contribution >= 4 is 30.8 Å². The molecule has 0 fully saturated rings. The standard InChI is InChI=1S/C16H18IO4P/c1-11-7-5-8-12(2)15(11)19-22(18,21-17)20-16-13(3)9-6-10-14(16)4/h5-10H,1-4H3. The Morgan fingerprint density at radius 1 is 0.773 bits per heavy atom. The van der Waals surface area contributed by atoms with Crippen molar-refractivity contribution in [2.45, 2.75) is 27.7 Å². The van der Waals surface area contributed by atoms with Crippen molar-refractivity contribution in [3.63, 3.8) is 0 Å². The molecule has 0 radical (unpaired) electrons. The molecular formula is C16H18IO4P. The van der Waals surface area contributed by atoms with E-state index in [1.54, 1.807) is 23.0 Å². The van der Waals surface area contributed by atoms with Crippen molar-refractivity contribution in [3.05, 3.63) is 58.7 Å². The molecule has 0 unspecified atom stereocenters. The van der Waals surface area contributed by atoms with Crippen molar-refractivity contribution in [1.29, 1.82) is 0 Å². The quantitative estimate of drug-likeness (QED) is 0.439. The van der Waals surface area contributed by atoms with Gasteiger partial charge in [-0.2, -0.15) is 2.85 Å². The van der Waals surface area contributed by atoms with Crippen molar-refractivity contribution in [2.75, 3.05) is 0 Å². The van der Waals surface area contributed by atoms with Crippen LogP contribution in [0.4, 0.5) is 0 Å². The van der Waals surface area contributed by atoms with Crippen LogP contribution in [0.2, 0.25) is 0 Å². The summed E-state index contributed by atoms with van der Waals surface area (Å²) >= 11 is 1.55. The highest BCUT2D eigenvalue weighted by Gasteiger charge is 2.32. The summed E-state index contributed by atoms with van der Waals surface area (Å²) in [5.74, 6) is 1.04. The van der Waals surface area contributed by atoms with Gasteiger partial charge in [0.15, 0.2) is 0 Å². The van der Waals surface area contributed by atoms with Crippen LogP contribution in [-0.4, -0.2) is 0 Å². The second-order valence-corrected chi connectivity index (χ2v) is 7.72. The Morgan fingerprint density at radius 2 is 1.09 bits per heavy atom. The Kier molecular flexibility index (Phi) is 5.53. The van der Waals surface area contributed by atoms with Gasteiger partial charge in [0.1, 0.15) is 34.5 Å². The lowest BCUT2D eigenvalue weighted by Crippen LogP contribution is -2.04. The average molecular weight is 432 g/mol. The summed E-state index contributed by atoms with van der Waals surface area (Å²) < 4.78 is 29.2. The molecule has 0 bridgehead atoms. The molecule has 0 aliphatic rings. The number of phosphoric ester groups is 1. The second-order valence-electron chi connectivity index (χ2n) is 5.14. The third-order valence-corrected chi connectivity index (χ3v) is 5.74. The number of halogens is 1. The van der Waals surface area contributed by atoms with E-state index in [-0.39, 0.29) is 0 Å². The maximum atomic E-state index is 12.9. The van der Waals surface area contributed by atoms with E-state index in [0.29, 0.717) is 11.5 Å². The Hall–Kier alpha value is -1.04. The topological polar surface area (TPSA) is 44.8 Å². The van der Waals surface area contributed by atoms with Gasteiger partial charge in [-0.25, -0.2) is 4.57 Å². The number of phosphoric acid groups is 1. The van der Waals surface area contributed by atoms with Crippen LogP contribution in [0, 0.1) is 27.7 Å². The van der Waals surface area contributed by atoms with Crippen molar-refractivity contribution in [2.24, 2.45) is 0 Å². The molecule has 2 aromatic rings. The molecule has 0 saturated carbocycles. The van der Waals surface area contributed by atoms with E-state index in [9.17, 15) is 4.57 Å². The first-order valence-corrected chi connectivity index (χ1v) is 9.12. The third kappa shape index (κ3) is 3.83. The Balaban J connectivity index is 2.36. The molecule has 0 aromatic heterocycles. The van der Waals surface area contributed by atoms with Crippen LogP contribution in [0.25, 0.3) is 0 Å². The van der Waals surface area contributed by atoms with Gasteiger partial charge in [0.2, 0.25) is 0 Å². The lowest BCUT2D eigenvalue weighted by molar-refractivity contribution is 0.322. The first kappa shape index (κ1) is 17.3. The molecule has 2 rings (SSSR count). The summed E-state index contributed by atoms with van der Waals surface area (Å²) in [4.78, 5) is 0. The van der Waals surface area contributed by atoms with Gasteiger partial charge in [-0.05, 0) is 49.9 Å². The minimum atomic E-state index is -3.77. The van der Waals surface area contributed by atoms with Gasteiger partial charge < -0.3 is 9.05 Å². The molecule has 2 aromatic carbocycles. The molecular weight excluding hydrogens is 414 g/mol. The summed E-state index contributed by atoms with van der Waals surface area (Å²) in [5.41, 5.74) is 3.50. The zero-order valence-corrected chi connectivity index (χ0v) is 16.0. The predicted octanol–water partition coefficient (Wildman–Crippen LogP) is 5.85. The molecule has 0 N–H and O–H groups in total. The molecule has 6 heteroatoms. The first-order chi connectivity index (χ1) is 10.4. The van der Waals surface area contributed by atoms with Gasteiger partial charge >= 0.3 is 7.82 Å². The smallest absolute Gasteiger partial charge is 0.394 e. The highest BCUT2D eigenvalue weighted by Crippen LogP contribution is 2.53. The molecule has 0 aliphatic carbocycles. The lowest BCUT2D eigenvalue weighted by atomic mass is 10.1. The van der Waals surface area contributed by atoms with Crippen LogP contribution in [0.5, 0.6) is 11.5 Å². The van der Waals surface area contributed by atoms with Gasteiger partial charge in [0.25, 0.3) is 0 Å². The van der Waals surface area contributed by atoms with E-state index in [2.05, 4.69) is 0 Å². The normalized spacial score (nSPS) is 11.3. The Bertz CT molecular complexity index is 632. The molecule has 0 atom stereocenters. The molecule has 0 aliphatic heterocycles. The zero-order chi connectivity index (χ0) is 16.3. The van der Waals surface area contributed by atoms with Crippen molar-refractivity contribution < 1.29 is 16.5 Å². The van der Waals surface area contributed by atoms with E-state index in [4.69, 9.17) is 11.9 Å². The van der Waals surface area contributed by atoms with Gasteiger partial charge in [-0.15, -0.1) is 0 Å². The van der Waals surface area contributed by atoms with Crippen LogP contribution in [0.15, 0.2) is 36.4 Å². The second kappa shape index (κ2) is 7.02. The third-order valence-electron chi connectivity index (χ3n) is 3.31. The molecule has 118 valence electrons. The van der Waals surface area contributed by atoms with Crippen LogP contribution >= 0.6 is 30.8 Å². The molecule has 0 heterocycles. The minimum Gasteiger partial charge on any atom is -0.394 e. The van der Waals surface area contributed by atoms with Gasteiger partial charge in [0, 0.05) is 0 Å². The number of hydrogen-bond donors (Lipinski definition) is 0. The number of para-hydroxylation sites is 2. The van der Waals surface area contributed by atoms with E-state index < -0.39 is 7.82 Å². The van der Waals surface area contributed by atoms with E-state index in [0.717, 1.165) is 22.3 Å². The van der Waals surface area contributed by atoms with Gasteiger partial charge in [0.05, 0.1) is 0 Å². The summed E-state index contributed by atoms with van der Waals surface area (Å²) in [6.07, 6.45) is 0.